The predicted octanol–water partition coefficient (Wildman–Crippen LogP) is 3.98. The second kappa shape index (κ2) is 7.15. The lowest BCUT2D eigenvalue weighted by molar-refractivity contribution is 0.177. The van der Waals surface area contributed by atoms with Gasteiger partial charge in [-0.1, -0.05) is 25.5 Å². The molecule has 1 heterocycles. The Morgan fingerprint density at radius 3 is 3.00 bits per heavy atom. The first-order valence-corrected chi connectivity index (χ1v) is 7.79. The highest BCUT2D eigenvalue weighted by Crippen LogP contribution is 2.21. The number of nitrogens with one attached hydrogen (secondary N) is 1. The standard InChI is InChI=1S/C15H23BrN2/c1-2-13-6-5-10-18(12-13)11-9-17-15-8-4-3-7-14(15)16/h3-4,7-8,13,17H,2,5-6,9-12H2,1H3. The first-order valence-electron chi connectivity index (χ1n) is 7.00. The van der Waals surface area contributed by atoms with Crippen molar-refractivity contribution in [2.75, 3.05) is 31.5 Å². The first kappa shape index (κ1) is 13.9. The molecule has 1 aromatic carbocycles. The van der Waals surface area contributed by atoms with Gasteiger partial charge in [-0.3, -0.25) is 0 Å². The Morgan fingerprint density at radius 1 is 1.39 bits per heavy atom. The molecule has 100 valence electrons. The van der Waals surface area contributed by atoms with Crippen molar-refractivity contribution < 1.29 is 0 Å². The van der Waals surface area contributed by atoms with E-state index in [2.05, 4.69) is 51.3 Å². The van der Waals surface area contributed by atoms with Gasteiger partial charge in [0.25, 0.3) is 0 Å². The van der Waals surface area contributed by atoms with Crippen molar-refractivity contribution in [3.8, 4) is 0 Å². The molecule has 1 N–H and O–H groups in total. The number of hydrogen-bond donors (Lipinski definition) is 1. The van der Waals surface area contributed by atoms with E-state index in [1.807, 2.05) is 6.07 Å². The molecule has 3 heteroatoms. The summed E-state index contributed by atoms with van der Waals surface area (Å²) in [5, 5.41) is 3.50. The Labute approximate surface area is 119 Å². The number of anilines is 1. The molecule has 1 fully saturated rings. The molecule has 0 amide bonds. The van der Waals surface area contributed by atoms with Gasteiger partial charge >= 0.3 is 0 Å². The van der Waals surface area contributed by atoms with Gasteiger partial charge in [-0.25, -0.2) is 0 Å². The zero-order chi connectivity index (χ0) is 12.8. The van der Waals surface area contributed by atoms with E-state index in [-0.39, 0.29) is 0 Å². The number of para-hydroxylation sites is 1. The normalized spacial score (nSPS) is 20.9. The molecule has 1 aliphatic heterocycles. The van der Waals surface area contributed by atoms with Gasteiger partial charge in [0.15, 0.2) is 0 Å². The zero-order valence-corrected chi connectivity index (χ0v) is 12.7. The molecule has 0 aromatic heterocycles. The lowest BCUT2D eigenvalue weighted by atomic mass is 9.96. The fourth-order valence-electron chi connectivity index (χ4n) is 2.64. The smallest absolute Gasteiger partial charge is 0.0485 e. The van der Waals surface area contributed by atoms with E-state index in [0.29, 0.717) is 0 Å². The van der Waals surface area contributed by atoms with Gasteiger partial charge in [0, 0.05) is 29.8 Å². The van der Waals surface area contributed by atoms with E-state index in [1.165, 1.54) is 38.0 Å². The monoisotopic (exact) mass is 310 g/mol. The lowest BCUT2D eigenvalue weighted by Crippen LogP contribution is -2.38. The lowest BCUT2D eigenvalue weighted by Gasteiger charge is -2.32. The fraction of sp³-hybridized carbons (Fsp3) is 0.600. The second-order valence-electron chi connectivity index (χ2n) is 5.12. The van der Waals surface area contributed by atoms with E-state index in [1.54, 1.807) is 0 Å². The first-order chi connectivity index (χ1) is 8.79. The predicted molar refractivity (Wildman–Crippen MR) is 82.1 cm³/mol. The van der Waals surface area contributed by atoms with Gasteiger partial charge in [0.1, 0.15) is 0 Å². The molecule has 1 aromatic rings. The minimum absolute atomic E-state index is 0.919. The maximum Gasteiger partial charge on any atom is 0.0485 e. The maximum atomic E-state index is 3.57. The average Bonchev–Trinajstić information content (AvgIpc) is 2.41. The molecule has 1 aliphatic rings. The summed E-state index contributed by atoms with van der Waals surface area (Å²) in [6, 6.07) is 8.32. The van der Waals surface area contributed by atoms with Crippen LogP contribution in [-0.4, -0.2) is 31.1 Å². The summed E-state index contributed by atoms with van der Waals surface area (Å²) < 4.78 is 1.15. The summed E-state index contributed by atoms with van der Waals surface area (Å²) in [6.45, 7) is 7.05. The largest absolute Gasteiger partial charge is 0.383 e. The van der Waals surface area contributed by atoms with Crippen molar-refractivity contribution in [3.63, 3.8) is 0 Å². The van der Waals surface area contributed by atoms with E-state index < -0.39 is 0 Å². The van der Waals surface area contributed by atoms with E-state index in [4.69, 9.17) is 0 Å². The van der Waals surface area contributed by atoms with Crippen molar-refractivity contribution in [2.45, 2.75) is 26.2 Å². The van der Waals surface area contributed by atoms with Crippen molar-refractivity contribution in [2.24, 2.45) is 5.92 Å². The van der Waals surface area contributed by atoms with Gasteiger partial charge in [-0.15, -0.1) is 0 Å². The van der Waals surface area contributed by atoms with Gasteiger partial charge in [-0.05, 0) is 53.4 Å². The molecule has 0 radical (unpaired) electrons. The molecule has 0 saturated carbocycles. The molecule has 0 bridgehead atoms. The van der Waals surface area contributed by atoms with Crippen LogP contribution in [0, 0.1) is 5.92 Å². The summed E-state index contributed by atoms with van der Waals surface area (Å²) in [5.74, 6) is 0.919. The number of benzene rings is 1. The van der Waals surface area contributed by atoms with Crippen molar-refractivity contribution in [1.82, 2.24) is 4.90 Å². The summed E-state index contributed by atoms with van der Waals surface area (Å²) in [4.78, 5) is 2.60. The van der Waals surface area contributed by atoms with Gasteiger partial charge in [-0.2, -0.15) is 0 Å². The van der Waals surface area contributed by atoms with Crippen LogP contribution in [0.15, 0.2) is 28.7 Å². The number of halogens is 1. The van der Waals surface area contributed by atoms with Crippen LogP contribution in [0.2, 0.25) is 0 Å². The topological polar surface area (TPSA) is 15.3 Å². The molecule has 18 heavy (non-hydrogen) atoms. The van der Waals surface area contributed by atoms with E-state index >= 15 is 0 Å². The van der Waals surface area contributed by atoms with Gasteiger partial charge < -0.3 is 10.2 Å². The Balaban J connectivity index is 1.73. The Morgan fingerprint density at radius 2 is 2.22 bits per heavy atom. The van der Waals surface area contributed by atoms with Crippen LogP contribution in [-0.2, 0) is 0 Å². The van der Waals surface area contributed by atoms with Crippen LogP contribution in [0.25, 0.3) is 0 Å². The second-order valence-corrected chi connectivity index (χ2v) is 5.98. The third-order valence-electron chi connectivity index (χ3n) is 3.80. The quantitative estimate of drug-likeness (QED) is 0.885. The Hall–Kier alpha value is -0.540. The molecule has 1 saturated heterocycles. The van der Waals surface area contributed by atoms with Gasteiger partial charge in [0.05, 0.1) is 0 Å². The molecule has 0 aliphatic carbocycles. The molecule has 2 nitrogen and oxygen atoms in total. The minimum atomic E-state index is 0.919. The zero-order valence-electron chi connectivity index (χ0n) is 11.2. The Kier molecular flexibility index (Phi) is 5.51. The summed E-state index contributed by atoms with van der Waals surface area (Å²) >= 11 is 3.57. The van der Waals surface area contributed by atoms with Crippen LogP contribution in [0.1, 0.15) is 26.2 Å². The summed E-state index contributed by atoms with van der Waals surface area (Å²) in [6.07, 6.45) is 4.12. The van der Waals surface area contributed by atoms with Crippen LogP contribution in [0.3, 0.4) is 0 Å². The highest BCUT2D eigenvalue weighted by atomic mass is 79.9. The highest BCUT2D eigenvalue weighted by molar-refractivity contribution is 9.10. The molecule has 1 unspecified atom stereocenters. The van der Waals surface area contributed by atoms with Crippen molar-refractivity contribution in [1.29, 1.82) is 0 Å². The van der Waals surface area contributed by atoms with Crippen LogP contribution >= 0.6 is 15.9 Å². The SMILES string of the molecule is CCC1CCCN(CCNc2ccccc2Br)C1. The number of nitrogens with zero attached hydrogens (tertiary/aromatic N) is 1. The van der Waals surface area contributed by atoms with Crippen LogP contribution in [0.5, 0.6) is 0 Å². The number of likely N-dealkylation sites (tertiary alicyclic amines) is 1. The van der Waals surface area contributed by atoms with Crippen molar-refractivity contribution >= 4 is 21.6 Å². The molecule has 0 spiro atoms. The fourth-order valence-corrected chi connectivity index (χ4v) is 3.07. The number of piperidine rings is 1. The third-order valence-corrected chi connectivity index (χ3v) is 4.49. The Bertz CT molecular complexity index is 367. The van der Waals surface area contributed by atoms with Gasteiger partial charge in [0.2, 0.25) is 0 Å². The molecule has 2 rings (SSSR count). The molecular weight excluding hydrogens is 288 g/mol. The summed E-state index contributed by atoms with van der Waals surface area (Å²) in [5.41, 5.74) is 1.20. The maximum absolute atomic E-state index is 3.57. The van der Waals surface area contributed by atoms with Crippen LogP contribution in [0.4, 0.5) is 5.69 Å². The van der Waals surface area contributed by atoms with Crippen molar-refractivity contribution in [3.05, 3.63) is 28.7 Å². The molecular formula is C15H23BrN2. The number of rotatable bonds is 5. The van der Waals surface area contributed by atoms with Crippen LogP contribution < -0.4 is 5.32 Å². The number of hydrogen-bond acceptors (Lipinski definition) is 2. The van der Waals surface area contributed by atoms with E-state index in [9.17, 15) is 0 Å². The average molecular weight is 311 g/mol. The van der Waals surface area contributed by atoms with E-state index in [0.717, 1.165) is 23.5 Å². The summed E-state index contributed by atoms with van der Waals surface area (Å²) in [7, 11) is 0. The minimum Gasteiger partial charge on any atom is -0.383 e. The highest BCUT2D eigenvalue weighted by Gasteiger charge is 2.17. The molecule has 1 atom stereocenters. The third kappa shape index (κ3) is 3.99.